The minimum absolute atomic E-state index is 0.109. The molecule has 1 aromatic carbocycles. The monoisotopic (exact) mass is 249 g/mol. The predicted molar refractivity (Wildman–Crippen MR) is 67.7 cm³/mol. The second-order valence-electron chi connectivity index (χ2n) is 3.68. The molecule has 5 nitrogen and oxygen atoms in total. The Morgan fingerprint density at radius 2 is 2.06 bits per heavy atom. The molecule has 0 aliphatic rings. The van der Waals surface area contributed by atoms with Crippen LogP contribution in [-0.4, -0.2) is 31.0 Å². The number of carbonyl (C=O) groups is 2. The number of hydrogen-bond donors (Lipinski definition) is 1. The average molecular weight is 249 g/mol. The van der Waals surface area contributed by atoms with Crippen LogP contribution in [0.3, 0.4) is 0 Å². The lowest BCUT2D eigenvalue weighted by Gasteiger charge is -2.16. The van der Waals surface area contributed by atoms with E-state index in [4.69, 9.17) is 0 Å². The van der Waals surface area contributed by atoms with Gasteiger partial charge in [-0.15, -0.1) is 0 Å². The van der Waals surface area contributed by atoms with E-state index in [-0.39, 0.29) is 17.1 Å². The fourth-order valence-corrected chi connectivity index (χ4v) is 1.42. The van der Waals surface area contributed by atoms with E-state index in [0.717, 1.165) is 0 Å². The molecule has 0 aliphatic carbocycles. The number of rotatable bonds is 4. The zero-order valence-corrected chi connectivity index (χ0v) is 10.5. The molecule has 0 aliphatic heterocycles. The molecule has 1 aromatic rings. The first-order chi connectivity index (χ1) is 8.47. The van der Waals surface area contributed by atoms with Gasteiger partial charge in [-0.05, 0) is 19.1 Å². The molecule has 0 heterocycles. The zero-order chi connectivity index (χ0) is 13.7. The van der Waals surface area contributed by atoms with E-state index in [1.165, 1.54) is 31.2 Å². The molecule has 18 heavy (non-hydrogen) atoms. The Bertz CT molecular complexity index is 494. The first-order valence-corrected chi connectivity index (χ1v) is 5.29. The Labute approximate surface area is 105 Å². The molecule has 0 radical (unpaired) electrons. The summed E-state index contributed by atoms with van der Waals surface area (Å²) >= 11 is 0. The number of nitrogens with zero attached hydrogens (tertiary/aromatic N) is 1. The molecule has 0 atom stereocenters. The summed E-state index contributed by atoms with van der Waals surface area (Å²) in [7, 11) is 2.93. The van der Waals surface area contributed by atoms with Gasteiger partial charge in [0.1, 0.15) is 5.75 Å². The molecule has 0 spiro atoms. The van der Waals surface area contributed by atoms with Crippen molar-refractivity contribution < 1.29 is 19.4 Å². The summed E-state index contributed by atoms with van der Waals surface area (Å²) in [6.45, 7) is 1.38. The van der Waals surface area contributed by atoms with Crippen LogP contribution in [0.15, 0.2) is 30.5 Å². The Morgan fingerprint density at radius 3 is 2.61 bits per heavy atom. The lowest BCUT2D eigenvalue weighted by Crippen LogP contribution is -2.10. The number of ketones is 1. The van der Waals surface area contributed by atoms with Crippen molar-refractivity contribution in [3.63, 3.8) is 0 Å². The molecule has 1 N–H and O–H groups in total. The number of hydrogen-bond acceptors (Lipinski definition) is 5. The summed E-state index contributed by atoms with van der Waals surface area (Å²) < 4.78 is 4.46. The lowest BCUT2D eigenvalue weighted by atomic mass is 10.1. The van der Waals surface area contributed by atoms with Crippen LogP contribution in [0.5, 0.6) is 5.75 Å². The van der Waals surface area contributed by atoms with E-state index >= 15 is 0 Å². The van der Waals surface area contributed by atoms with E-state index in [0.29, 0.717) is 5.69 Å². The molecule has 5 heteroatoms. The molecule has 0 aromatic heterocycles. The SMILES string of the molecule is COC(=O)/C=C/N(C)c1cccc(C(C)=O)c1O. The molecule has 0 saturated heterocycles. The van der Waals surface area contributed by atoms with Crippen molar-refractivity contribution in [1.82, 2.24) is 0 Å². The summed E-state index contributed by atoms with van der Waals surface area (Å²) in [6, 6.07) is 4.84. The van der Waals surface area contributed by atoms with Gasteiger partial charge in [0, 0.05) is 19.3 Å². The molecular formula is C13H15NO4. The van der Waals surface area contributed by atoms with E-state index in [1.807, 2.05) is 0 Å². The molecule has 0 amide bonds. The van der Waals surface area contributed by atoms with Gasteiger partial charge in [-0.3, -0.25) is 4.79 Å². The minimum Gasteiger partial charge on any atom is -0.505 e. The predicted octanol–water partition coefficient (Wildman–Crippen LogP) is 1.72. The number of phenols is 1. The number of aromatic hydroxyl groups is 1. The smallest absolute Gasteiger partial charge is 0.331 e. The molecule has 0 bridgehead atoms. The third-order valence-electron chi connectivity index (χ3n) is 2.41. The van der Waals surface area contributed by atoms with Crippen LogP contribution in [-0.2, 0) is 9.53 Å². The molecule has 0 fully saturated rings. The molecular weight excluding hydrogens is 234 g/mol. The standard InChI is InChI=1S/C13H15NO4/c1-9(15)10-5-4-6-11(13(10)17)14(2)8-7-12(16)18-3/h4-8,17H,1-3H3/b8-7+. The summed E-state index contributed by atoms with van der Waals surface area (Å²) in [5.74, 6) is -0.828. The van der Waals surface area contributed by atoms with Gasteiger partial charge < -0.3 is 14.7 Å². The highest BCUT2D eigenvalue weighted by atomic mass is 16.5. The minimum atomic E-state index is -0.496. The highest BCUT2D eigenvalue weighted by molar-refractivity contribution is 5.98. The second kappa shape index (κ2) is 5.86. The van der Waals surface area contributed by atoms with E-state index < -0.39 is 5.97 Å². The fourth-order valence-electron chi connectivity index (χ4n) is 1.42. The van der Waals surface area contributed by atoms with Gasteiger partial charge in [-0.2, -0.15) is 0 Å². The van der Waals surface area contributed by atoms with Crippen molar-refractivity contribution in [2.45, 2.75) is 6.92 Å². The van der Waals surface area contributed by atoms with Crippen LogP contribution < -0.4 is 4.90 Å². The van der Waals surface area contributed by atoms with Crippen LogP contribution >= 0.6 is 0 Å². The molecule has 1 rings (SSSR count). The number of Topliss-reactive ketones (excluding diaryl/α,β-unsaturated/α-hetero) is 1. The number of anilines is 1. The number of methoxy groups -OCH3 is 1. The maximum atomic E-state index is 11.3. The maximum absolute atomic E-state index is 11.3. The summed E-state index contributed by atoms with van der Waals surface area (Å²) in [6.07, 6.45) is 2.67. The number of esters is 1. The van der Waals surface area contributed by atoms with Gasteiger partial charge in [0.2, 0.25) is 0 Å². The first kappa shape index (κ1) is 13.8. The largest absolute Gasteiger partial charge is 0.505 e. The Balaban J connectivity index is 3.03. The highest BCUT2D eigenvalue weighted by Gasteiger charge is 2.12. The van der Waals surface area contributed by atoms with Crippen molar-refractivity contribution in [1.29, 1.82) is 0 Å². The van der Waals surface area contributed by atoms with Crippen molar-refractivity contribution in [3.8, 4) is 5.75 Å². The Hall–Kier alpha value is -2.30. The number of ether oxygens (including phenoxy) is 1. The topological polar surface area (TPSA) is 66.8 Å². The summed E-state index contributed by atoms with van der Waals surface area (Å²) in [4.78, 5) is 23.8. The van der Waals surface area contributed by atoms with E-state index in [2.05, 4.69) is 4.74 Å². The lowest BCUT2D eigenvalue weighted by molar-refractivity contribution is -0.134. The summed E-state index contributed by atoms with van der Waals surface area (Å²) in [5.41, 5.74) is 0.675. The Morgan fingerprint density at radius 1 is 1.39 bits per heavy atom. The van der Waals surface area contributed by atoms with Gasteiger partial charge in [0.15, 0.2) is 5.78 Å². The van der Waals surface area contributed by atoms with Crippen LogP contribution in [0, 0.1) is 0 Å². The molecule has 0 saturated carbocycles. The van der Waals surface area contributed by atoms with E-state index in [9.17, 15) is 14.7 Å². The third kappa shape index (κ3) is 3.10. The van der Waals surface area contributed by atoms with Crippen LogP contribution in [0.4, 0.5) is 5.69 Å². The van der Waals surface area contributed by atoms with Crippen LogP contribution in [0.1, 0.15) is 17.3 Å². The van der Waals surface area contributed by atoms with Gasteiger partial charge in [0.25, 0.3) is 0 Å². The summed E-state index contributed by atoms with van der Waals surface area (Å²) in [5, 5.41) is 9.94. The van der Waals surface area contributed by atoms with Gasteiger partial charge in [-0.25, -0.2) is 4.79 Å². The number of phenolic OH excluding ortho intramolecular Hbond substituents is 1. The number of benzene rings is 1. The highest BCUT2D eigenvalue weighted by Crippen LogP contribution is 2.30. The van der Waals surface area contributed by atoms with Crippen molar-refractivity contribution in [3.05, 3.63) is 36.0 Å². The third-order valence-corrected chi connectivity index (χ3v) is 2.41. The Kier molecular flexibility index (Phi) is 4.48. The normalized spacial score (nSPS) is 10.4. The van der Waals surface area contributed by atoms with Crippen LogP contribution in [0.25, 0.3) is 0 Å². The molecule has 0 unspecified atom stereocenters. The quantitative estimate of drug-likeness (QED) is 0.500. The number of carbonyl (C=O) groups excluding carboxylic acids is 2. The van der Waals surface area contributed by atoms with Crippen molar-refractivity contribution >= 4 is 17.4 Å². The van der Waals surface area contributed by atoms with E-state index in [1.54, 1.807) is 25.2 Å². The molecule has 96 valence electrons. The van der Waals surface area contributed by atoms with Crippen molar-refractivity contribution in [2.75, 3.05) is 19.1 Å². The zero-order valence-electron chi connectivity index (χ0n) is 10.5. The second-order valence-corrected chi connectivity index (χ2v) is 3.68. The van der Waals surface area contributed by atoms with Crippen LogP contribution in [0.2, 0.25) is 0 Å². The van der Waals surface area contributed by atoms with Crippen molar-refractivity contribution in [2.24, 2.45) is 0 Å². The number of para-hydroxylation sites is 1. The first-order valence-electron chi connectivity index (χ1n) is 5.29. The van der Waals surface area contributed by atoms with Gasteiger partial charge in [-0.1, -0.05) is 6.07 Å². The fraction of sp³-hybridized carbons (Fsp3) is 0.231. The maximum Gasteiger partial charge on any atom is 0.331 e. The van der Waals surface area contributed by atoms with Gasteiger partial charge >= 0.3 is 5.97 Å². The van der Waals surface area contributed by atoms with Gasteiger partial charge in [0.05, 0.1) is 18.4 Å². The average Bonchev–Trinajstić information content (AvgIpc) is 2.35.